The van der Waals surface area contributed by atoms with Crippen molar-refractivity contribution >= 4 is 5.97 Å². The smallest absolute Gasteiger partial charge is 0.345 e. The Morgan fingerprint density at radius 2 is 1.94 bits per heavy atom. The number of esters is 1. The Morgan fingerprint density at radius 3 is 2.65 bits per heavy atom. The van der Waals surface area contributed by atoms with Gasteiger partial charge in [0.25, 0.3) is 0 Å². The van der Waals surface area contributed by atoms with E-state index in [0.717, 1.165) is 11.1 Å². The molecule has 0 radical (unpaired) electrons. The Balaban J connectivity index is 2.24. The van der Waals surface area contributed by atoms with Gasteiger partial charge in [0.05, 0.1) is 5.56 Å². The zero-order valence-electron chi connectivity index (χ0n) is 9.81. The Morgan fingerprint density at radius 1 is 1.12 bits per heavy atom. The molecular formula is C14H13NO2. The second-order valence-electron chi connectivity index (χ2n) is 3.80. The Kier molecular flexibility index (Phi) is 3.19. The largest absolute Gasteiger partial charge is 0.404 e. The van der Waals surface area contributed by atoms with E-state index < -0.39 is 0 Å². The van der Waals surface area contributed by atoms with Gasteiger partial charge < -0.3 is 4.74 Å². The molecule has 0 unspecified atom stereocenters. The molecule has 0 N–H and O–H groups in total. The van der Waals surface area contributed by atoms with E-state index in [4.69, 9.17) is 4.74 Å². The monoisotopic (exact) mass is 227 g/mol. The summed E-state index contributed by atoms with van der Waals surface area (Å²) in [6.45, 7) is 3.87. The van der Waals surface area contributed by atoms with E-state index in [1.54, 1.807) is 30.5 Å². The number of hydrogen-bond acceptors (Lipinski definition) is 3. The maximum absolute atomic E-state index is 11.9. The average molecular weight is 227 g/mol. The molecule has 0 fully saturated rings. The van der Waals surface area contributed by atoms with Crippen molar-refractivity contribution < 1.29 is 9.53 Å². The standard InChI is InChI=1S/C14H13NO2/c1-10-6-5-7-12(11(10)2)14(16)17-13-8-3-4-9-15-13/h3-9H,1-2H3. The van der Waals surface area contributed by atoms with Crippen LogP contribution in [0.25, 0.3) is 0 Å². The van der Waals surface area contributed by atoms with E-state index in [2.05, 4.69) is 4.98 Å². The molecule has 3 heteroatoms. The van der Waals surface area contributed by atoms with E-state index in [-0.39, 0.29) is 5.97 Å². The summed E-state index contributed by atoms with van der Waals surface area (Å²) in [7, 11) is 0. The Bertz CT molecular complexity index is 535. The van der Waals surface area contributed by atoms with E-state index in [1.165, 1.54) is 0 Å². The molecule has 0 aliphatic heterocycles. The fourth-order valence-corrected chi connectivity index (χ4v) is 1.53. The number of ether oxygens (including phenoxy) is 1. The van der Waals surface area contributed by atoms with Crippen LogP contribution in [0.3, 0.4) is 0 Å². The average Bonchev–Trinajstić information content (AvgIpc) is 2.34. The van der Waals surface area contributed by atoms with E-state index in [9.17, 15) is 4.79 Å². The highest BCUT2D eigenvalue weighted by Crippen LogP contribution is 2.15. The zero-order valence-corrected chi connectivity index (χ0v) is 9.81. The van der Waals surface area contributed by atoms with Crippen molar-refractivity contribution in [1.82, 2.24) is 4.98 Å². The summed E-state index contributed by atoms with van der Waals surface area (Å²) in [6.07, 6.45) is 1.59. The van der Waals surface area contributed by atoms with E-state index >= 15 is 0 Å². The quantitative estimate of drug-likeness (QED) is 0.740. The number of carbonyl (C=O) groups is 1. The summed E-state index contributed by atoms with van der Waals surface area (Å²) >= 11 is 0. The number of hydrogen-bond donors (Lipinski definition) is 0. The third-order valence-electron chi connectivity index (χ3n) is 2.66. The molecule has 0 aliphatic rings. The molecule has 0 saturated carbocycles. The second kappa shape index (κ2) is 4.78. The summed E-state index contributed by atoms with van der Waals surface area (Å²) in [6, 6.07) is 10.8. The van der Waals surface area contributed by atoms with Crippen molar-refractivity contribution in [3.8, 4) is 5.88 Å². The Hall–Kier alpha value is -2.16. The van der Waals surface area contributed by atoms with Crippen LogP contribution in [0.4, 0.5) is 0 Å². The van der Waals surface area contributed by atoms with Gasteiger partial charge in [-0.3, -0.25) is 0 Å². The third kappa shape index (κ3) is 2.50. The number of benzene rings is 1. The lowest BCUT2D eigenvalue weighted by Crippen LogP contribution is -2.11. The fourth-order valence-electron chi connectivity index (χ4n) is 1.53. The summed E-state index contributed by atoms with van der Waals surface area (Å²) in [4.78, 5) is 15.9. The second-order valence-corrected chi connectivity index (χ2v) is 3.80. The maximum Gasteiger partial charge on any atom is 0.345 e. The van der Waals surface area contributed by atoms with Crippen LogP contribution in [0.5, 0.6) is 5.88 Å². The first-order valence-corrected chi connectivity index (χ1v) is 5.38. The third-order valence-corrected chi connectivity index (χ3v) is 2.66. The van der Waals surface area contributed by atoms with Crippen LogP contribution in [0.15, 0.2) is 42.6 Å². The number of rotatable bonds is 2. The topological polar surface area (TPSA) is 39.2 Å². The minimum Gasteiger partial charge on any atom is -0.404 e. The molecule has 2 rings (SSSR count). The molecule has 1 aromatic heterocycles. The molecule has 0 aliphatic carbocycles. The first kappa shape index (κ1) is 11.3. The van der Waals surface area contributed by atoms with E-state index in [1.807, 2.05) is 26.0 Å². The molecule has 1 aromatic carbocycles. The minimum absolute atomic E-state index is 0.318. The maximum atomic E-state index is 11.9. The molecule has 2 aromatic rings. The molecular weight excluding hydrogens is 214 g/mol. The van der Waals surface area contributed by atoms with Crippen LogP contribution >= 0.6 is 0 Å². The van der Waals surface area contributed by atoms with Crippen molar-refractivity contribution in [3.05, 3.63) is 59.3 Å². The van der Waals surface area contributed by atoms with Crippen molar-refractivity contribution in [1.29, 1.82) is 0 Å². The van der Waals surface area contributed by atoms with Gasteiger partial charge in [-0.1, -0.05) is 18.2 Å². The van der Waals surface area contributed by atoms with Crippen LogP contribution in [-0.2, 0) is 0 Å². The zero-order chi connectivity index (χ0) is 12.3. The van der Waals surface area contributed by atoms with E-state index in [0.29, 0.717) is 11.4 Å². The highest BCUT2D eigenvalue weighted by molar-refractivity contribution is 5.92. The van der Waals surface area contributed by atoms with Gasteiger partial charge in [-0.15, -0.1) is 0 Å². The number of aryl methyl sites for hydroxylation is 1. The highest BCUT2D eigenvalue weighted by atomic mass is 16.5. The number of pyridine rings is 1. The van der Waals surface area contributed by atoms with Gasteiger partial charge in [-0.2, -0.15) is 0 Å². The van der Waals surface area contributed by atoms with Gasteiger partial charge in [-0.25, -0.2) is 9.78 Å². The van der Waals surface area contributed by atoms with Crippen LogP contribution in [0.1, 0.15) is 21.5 Å². The van der Waals surface area contributed by atoms with Crippen LogP contribution in [-0.4, -0.2) is 11.0 Å². The van der Waals surface area contributed by atoms with Gasteiger partial charge in [0, 0.05) is 12.3 Å². The van der Waals surface area contributed by atoms with Gasteiger partial charge in [-0.05, 0) is 37.1 Å². The SMILES string of the molecule is Cc1cccc(C(=O)Oc2ccccn2)c1C. The van der Waals surface area contributed by atoms with Crippen molar-refractivity contribution in [2.24, 2.45) is 0 Å². The molecule has 86 valence electrons. The van der Waals surface area contributed by atoms with Crippen molar-refractivity contribution in [2.45, 2.75) is 13.8 Å². The molecule has 0 saturated heterocycles. The fraction of sp³-hybridized carbons (Fsp3) is 0.143. The predicted octanol–water partition coefficient (Wildman–Crippen LogP) is 2.92. The molecule has 17 heavy (non-hydrogen) atoms. The summed E-state index contributed by atoms with van der Waals surface area (Å²) in [5, 5.41) is 0. The summed E-state index contributed by atoms with van der Waals surface area (Å²) in [5.41, 5.74) is 2.59. The molecule has 0 atom stereocenters. The Labute approximate surface area is 100 Å². The molecule has 1 heterocycles. The summed E-state index contributed by atoms with van der Waals surface area (Å²) < 4.78 is 5.19. The lowest BCUT2D eigenvalue weighted by atomic mass is 10.0. The van der Waals surface area contributed by atoms with Crippen LogP contribution < -0.4 is 4.74 Å². The van der Waals surface area contributed by atoms with Gasteiger partial charge >= 0.3 is 5.97 Å². The number of carbonyl (C=O) groups excluding carboxylic acids is 1. The number of nitrogens with zero attached hydrogens (tertiary/aromatic N) is 1. The van der Waals surface area contributed by atoms with Gasteiger partial charge in [0.15, 0.2) is 0 Å². The van der Waals surface area contributed by atoms with Gasteiger partial charge in [0.2, 0.25) is 5.88 Å². The summed E-state index contributed by atoms with van der Waals surface area (Å²) in [5.74, 6) is -0.0525. The molecule has 3 nitrogen and oxygen atoms in total. The molecule has 0 spiro atoms. The predicted molar refractivity (Wildman–Crippen MR) is 65.1 cm³/mol. The van der Waals surface area contributed by atoms with Crippen LogP contribution in [0.2, 0.25) is 0 Å². The normalized spacial score (nSPS) is 10.0. The lowest BCUT2D eigenvalue weighted by Gasteiger charge is -2.07. The first-order valence-electron chi connectivity index (χ1n) is 5.38. The number of aromatic nitrogens is 1. The molecule has 0 bridgehead atoms. The van der Waals surface area contributed by atoms with Gasteiger partial charge in [0.1, 0.15) is 0 Å². The highest BCUT2D eigenvalue weighted by Gasteiger charge is 2.12. The van der Waals surface area contributed by atoms with Crippen LogP contribution in [0, 0.1) is 13.8 Å². The lowest BCUT2D eigenvalue weighted by molar-refractivity contribution is 0.0726. The molecule has 0 amide bonds. The first-order chi connectivity index (χ1) is 8.18. The van der Waals surface area contributed by atoms with Crippen molar-refractivity contribution in [3.63, 3.8) is 0 Å². The van der Waals surface area contributed by atoms with Crippen molar-refractivity contribution in [2.75, 3.05) is 0 Å². The minimum atomic E-state index is -0.370.